The lowest BCUT2D eigenvalue weighted by atomic mass is 9.85. The van der Waals surface area contributed by atoms with Gasteiger partial charge in [0.25, 0.3) is 0 Å². The van der Waals surface area contributed by atoms with Crippen molar-refractivity contribution in [2.75, 3.05) is 11.2 Å². The molecule has 134 valence electrons. The lowest BCUT2D eigenvalue weighted by Gasteiger charge is -2.22. The Kier molecular flexibility index (Phi) is 5.07. The summed E-state index contributed by atoms with van der Waals surface area (Å²) in [5.74, 6) is 6.01. The maximum absolute atomic E-state index is 12.5. The van der Waals surface area contributed by atoms with Crippen LogP contribution in [0.1, 0.15) is 50.9 Å². The van der Waals surface area contributed by atoms with Crippen molar-refractivity contribution in [3.05, 3.63) is 51.3 Å². The monoisotopic (exact) mass is 341 g/mol. The van der Waals surface area contributed by atoms with Crippen LogP contribution >= 0.6 is 0 Å². The van der Waals surface area contributed by atoms with E-state index in [1.54, 1.807) is 13.8 Å². The molecule has 0 saturated carbocycles. The Bertz CT molecular complexity index is 874. The molecule has 0 aliphatic carbocycles. The second kappa shape index (κ2) is 6.75. The summed E-state index contributed by atoms with van der Waals surface area (Å²) in [6, 6.07) is 7.67. The molecule has 1 amide bonds. The number of aromatic nitrogens is 1. The second-order valence-electron chi connectivity index (χ2n) is 7.41. The van der Waals surface area contributed by atoms with Crippen molar-refractivity contribution in [1.82, 2.24) is 4.68 Å². The van der Waals surface area contributed by atoms with Crippen LogP contribution in [0.5, 0.6) is 0 Å². The van der Waals surface area contributed by atoms with Crippen LogP contribution in [-0.4, -0.2) is 10.6 Å². The van der Waals surface area contributed by atoms with Gasteiger partial charge in [0, 0.05) is 18.1 Å². The number of nitrogen functional groups attached to an aromatic ring is 1. The van der Waals surface area contributed by atoms with Crippen molar-refractivity contribution in [2.24, 2.45) is 0 Å². The third kappa shape index (κ3) is 3.76. The lowest BCUT2D eigenvalue weighted by molar-refractivity contribution is -0.115. The Morgan fingerprint density at radius 3 is 2.36 bits per heavy atom. The number of carbonyl (C=O) groups excluding carboxylic acids is 1. The minimum Gasteiger partial charge on any atom is -0.339 e. The van der Waals surface area contributed by atoms with E-state index in [4.69, 9.17) is 5.84 Å². The van der Waals surface area contributed by atoms with E-state index in [1.165, 1.54) is 16.3 Å². The number of benzene rings is 1. The molecule has 1 aromatic carbocycles. The molecule has 3 N–H and O–H groups in total. The average Bonchev–Trinajstić information content (AvgIpc) is 2.54. The summed E-state index contributed by atoms with van der Waals surface area (Å²) >= 11 is 0. The fourth-order valence-electron chi connectivity index (χ4n) is 2.75. The molecule has 25 heavy (non-hydrogen) atoms. The first kappa shape index (κ1) is 18.8. The quantitative estimate of drug-likeness (QED) is 0.839. The summed E-state index contributed by atoms with van der Waals surface area (Å²) in [6.45, 7) is 12.0. The number of carbonyl (C=O) groups is 1. The predicted molar refractivity (Wildman–Crippen MR) is 103 cm³/mol. The Morgan fingerprint density at radius 1 is 1.20 bits per heavy atom. The summed E-state index contributed by atoms with van der Waals surface area (Å²) in [7, 11) is 0. The molecule has 0 fully saturated rings. The van der Waals surface area contributed by atoms with Crippen molar-refractivity contribution < 1.29 is 4.79 Å². The lowest BCUT2D eigenvalue weighted by Crippen LogP contribution is -2.26. The number of amides is 1. The highest BCUT2D eigenvalue weighted by molar-refractivity contribution is 5.91. The molecule has 0 spiro atoms. The summed E-state index contributed by atoms with van der Waals surface area (Å²) in [4.78, 5) is 24.1. The highest BCUT2D eigenvalue weighted by Gasteiger charge is 2.18. The molecule has 0 saturated heterocycles. The number of hydrogen-bond acceptors (Lipinski definition) is 3. The zero-order valence-electron chi connectivity index (χ0n) is 15.9. The molecule has 0 bridgehead atoms. The third-order valence-electron chi connectivity index (χ3n) is 4.45. The molecule has 0 aliphatic rings. The van der Waals surface area contributed by atoms with E-state index in [9.17, 15) is 9.59 Å². The van der Waals surface area contributed by atoms with Gasteiger partial charge in [-0.2, -0.15) is 0 Å². The number of nitrogens with two attached hydrogens (primary N) is 1. The number of rotatable bonds is 3. The number of hydrogen-bond donors (Lipinski definition) is 2. The van der Waals surface area contributed by atoms with Crippen LogP contribution in [-0.2, 0) is 10.2 Å². The Labute approximate surface area is 148 Å². The molecule has 1 aromatic heterocycles. The first-order valence-electron chi connectivity index (χ1n) is 8.49. The maximum Gasteiger partial charge on any atom is 0.224 e. The smallest absolute Gasteiger partial charge is 0.224 e. The third-order valence-corrected chi connectivity index (χ3v) is 4.45. The van der Waals surface area contributed by atoms with Gasteiger partial charge in [-0.3, -0.25) is 14.3 Å². The minimum absolute atomic E-state index is 0.0515. The molecule has 1 heterocycles. The second-order valence-corrected chi connectivity index (χ2v) is 7.41. The van der Waals surface area contributed by atoms with Gasteiger partial charge < -0.3 is 11.2 Å². The number of anilines is 1. The first-order valence-corrected chi connectivity index (χ1v) is 8.49. The van der Waals surface area contributed by atoms with Crippen molar-refractivity contribution in [2.45, 2.75) is 53.4 Å². The fraction of sp³-hybridized carbons (Fsp3) is 0.400. The Morgan fingerprint density at radius 2 is 1.84 bits per heavy atom. The molecular formula is C20H27N3O2. The molecule has 0 radical (unpaired) electrons. The van der Waals surface area contributed by atoms with E-state index in [1.807, 2.05) is 13.0 Å². The van der Waals surface area contributed by atoms with Crippen LogP contribution in [0.2, 0.25) is 0 Å². The van der Waals surface area contributed by atoms with Crippen LogP contribution in [0.3, 0.4) is 0 Å². The highest BCUT2D eigenvalue weighted by atomic mass is 16.2. The Hall–Kier alpha value is -2.56. The van der Waals surface area contributed by atoms with E-state index in [2.05, 4.69) is 38.2 Å². The van der Waals surface area contributed by atoms with Gasteiger partial charge in [-0.15, -0.1) is 0 Å². The van der Waals surface area contributed by atoms with Gasteiger partial charge in [0.1, 0.15) is 5.69 Å². The molecule has 0 aliphatic heterocycles. The van der Waals surface area contributed by atoms with Crippen LogP contribution in [0, 0.1) is 13.8 Å². The SMILES string of the molecule is CCC(=O)Nc1c(C)n(N)c(-c2ccc(C(C)(C)C)cc2C)cc1=O. The largest absolute Gasteiger partial charge is 0.339 e. The van der Waals surface area contributed by atoms with E-state index < -0.39 is 0 Å². The van der Waals surface area contributed by atoms with E-state index >= 15 is 0 Å². The molecule has 2 rings (SSSR count). The van der Waals surface area contributed by atoms with E-state index in [0.717, 1.165) is 11.1 Å². The fourth-order valence-corrected chi connectivity index (χ4v) is 2.75. The van der Waals surface area contributed by atoms with Gasteiger partial charge in [0.2, 0.25) is 11.3 Å². The van der Waals surface area contributed by atoms with Gasteiger partial charge in [0.05, 0.1) is 11.4 Å². The van der Waals surface area contributed by atoms with Gasteiger partial charge in [-0.1, -0.05) is 45.9 Å². The van der Waals surface area contributed by atoms with Crippen LogP contribution < -0.4 is 16.6 Å². The van der Waals surface area contributed by atoms with Crippen molar-refractivity contribution in [3.8, 4) is 11.3 Å². The van der Waals surface area contributed by atoms with Crippen molar-refractivity contribution in [1.29, 1.82) is 0 Å². The average molecular weight is 341 g/mol. The molecule has 5 heteroatoms. The zero-order chi connectivity index (χ0) is 18.9. The van der Waals surface area contributed by atoms with Gasteiger partial charge in [-0.05, 0) is 30.4 Å². The van der Waals surface area contributed by atoms with Crippen LogP contribution in [0.15, 0.2) is 29.1 Å². The van der Waals surface area contributed by atoms with Gasteiger partial charge >= 0.3 is 0 Å². The Balaban J connectivity index is 2.58. The molecular weight excluding hydrogens is 314 g/mol. The summed E-state index contributed by atoms with van der Waals surface area (Å²) in [5, 5.41) is 2.64. The van der Waals surface area contributed by atoms with Crippen LogP contribution in [0.25, 0.3) is 11.3 Å². The van der Waals surface area contributed by atoms with Crippen LogP contribution in [0.4, 0.5) is 5.69 Å². The van der Waals surface area contributed by atoms with Gasteiger partial charge in [0.15, 0.2) is 0 Å². The minimum atomic E-state index is -0.240. The zero-order valence-corrected chi connectivity index (χ0v) is 15.9. The summed E-state index contributed by atoms with van der Waals surface area (Å²) in [5.41, 5.74) is 4.40. The van der Waals surface area contributed by atoms with Crippen molar-refractivity contribution in [3.63, 3.8) is 0 Å². The summed E-state index contributed by atoms with van der Waals surface area (Å²) < 4.78 is 1.46. The van der Waals surface area contributed by atoms with E-state index in [0.29, 0.717) is 17.8 Å². The maximum atomic E-state index is 12.5. The standard InChI is InChI=1S/C20H27N3O2/c1-7-18(25)22-19-13(3)23(21)16(11-17(19)24)15-9-8-14(10-12(15)2)20(4,5)6/h8-11H,7,21H2,1-6H3,(H,22,25). The molecule has 5 nitrogen and oxygen atoms in total. The first-order chi connectivity index (χ1) is 11.6. The number of pyridine rings is 1. The number of nitrogens with one attached hydrogen (secondary N) is 1. The normalized spacial score (nSPS) is 11.4. The highest BCUT2D eigenvalue weighted by Crippen LogP contribution is 2.29. The molecule has 2 aromatic rings. The molecule has 0 unspecified atom stereocenters. The predicted octanol–water partition coefficient (Wildman–Crippen LogP) is 3.49. The topological polar surface area (TPSA) is 77.1 Å². The van der Waals surface area contributed by atoms with Gasteiger partial charge in [-0.25, -0.2) is 0 Å². The summed E-state index contributed by atoms with van der Waals surface area (Å²) in [6.07, 6.45) is 0.304. The molecule has 0 atom stereocenters. The van der Waals surface area contributed by atoms with E-state index in [-0.39, 0.29) is 22.4 Å². The number of aryl methyl sites for hydroxylation is 1. The van der Waals surface area contributed by atoms with Crippen molar-refractivity contribution >= 4 is 11.6 Å². The number of nitrogens with zero attached hydrogens (tertiary/aromatic N) is 1.